The fourth-order valence-corrected chi connectivity index (χ4v) is 6.34. The van der Waals surface area contributed by atoms with E-state index in [1.54, 1.807) is 6.08 Å². The van der Waals surface area contributed by atoms with Crippen molar-refractivity contribution in [2.75, 3.05) is 0 Å². The van der Waals surface area contributed by atoms with Gasteiger partial charge in [0.1, 0.15) is 23.4 Å². The minimum atomic E-state index is -0.662. The van der Waals surface area contributed by atoms with Gasteiger partial charge >= 0.3 is 11.9 Å². The third-order valence-corrected chi connectivity index (χ3v) is 7.92. The summed E-state index contributed by atoms with van der Waals surface area (Å²) in [6, 6.07) is 9.72. The quantitative estimate of drug-likeness (QED) is 0.500. The van der Waals surface area contributed by atoms with Crippen LogP contribution in [0, 0.1) is 23.7 Å². The second-order valence-corrected chi connectivity index (χ2v) is 10.0. The SMILES string of the molecule is CC(=O)O[C@@H]1C[C@]2(C(C)C)O[C@@]1(C)[C@@H]1CC[C@@H](C)[C@H]1[C@@H]2OC(=O)/C=C/c1ccccc1. The van der Waals surface area contributed by atoms with Crippen LogP contribution >= 0.6 is 0 Å². The molecule has 168 valence electrons. The van der Waals surface area contributed by atoms with Gasteiger partial charge in [-0.25, -0.2) is 4.79 Å². The molecular weight excluding hydrogens is 392 g/mol. The monoisotopic (exact) mass is 426 g/mol. The molecule has 1 aromatic carbocycles. The Balaban J connectivity index is 1.66. The van der Waals surface area contributed by atoms with Gasteiger partial charge in [0.2, 0.25) is 0 Å². The average Bonchev–Trinajstić information content (AvgIpc) is 3.23. The van der Waals surface area contributed by atoms with Crippen molar-refractivity contribution >= 4 is 18.0 Å². The van der Waals surface area contributed by atoms with Gasteiger partial charge in [0.15, 0.2) is 0 Å². The van der Waals surface area contributed by atoms with Crippen molar-refractivity contribution in [2.24, 2.45) is 23.7 Å². The number of esters is 2. The van der Waals surface area contributed by atoms with Crippen molar-refractivity contribution in [3.8, 4) is 0 Å². The normalized spacial score (nSPS) is 39.0. The minimum absolute atomic E-state index is 0.108. The highest BCUT2D eigenvalue weighted by atomic mass is 16.6. The van der Waals surface area contributed by atoms with Crippen LogP contribution in [0.2, 0.25) is 0 Å². The number of rotatable bonds is 5. The van der Waals surface area contributed by atoms with Crippen molar-refractivity contribution in [1.82, 2.24) is 0 Å². The second-order valence-electron chi connectivity index (χ2n) is 10.0. The molecule has 1 saturated carbocycles. The Hall–Kier alpha value is -2.14. The number of hydrogen-bond acceptors (Lipinski definition) is 5. The smallest absolute Gasteiger partial charge is 0.331 e. The highest BCUT2D eigenvalue weighted by Crippen LogP contribution is 2.63. The van der Waals surface area contributed by atoms with E-state index in [4.69, 9.17) is 14.2 Å². The molecule has 7 atom stereocenters. The van der Waals surface area contributed by atoms with E-state index in [-0.39, 0.29) is 41.9 Å². The summed E-state index contributed by atoms with van der Waals surface area (Å²) in [6.07, 6.45) is 5.20. The number of carbonyl (C=O) groups excluding carboxylic acids is 2. The molecule has 2 bridgehead atoms. The predicted octanol–water partition coefficient (Wildman–Crippen LogP) is 4.79. The van der Waals surface area contributed by atoms with Crippen molar-refractivity contribution in [3.05, 3.63) is 42.0 Å². The molecule has 4 rings (SSSR count). The van der Waals surface area contributed by atoms with Gasteiger partial charge in [-0.1, -0.05) is 51.1 Å². The molecule has 0 spiro atoms. The molecule has 2 heterocycles. The highest BCUT2D eigenvalue weighted by Gasteiger charge is 2.72. The van der Waals surface area contributed by atoms with E-state index in [1.807, 2.05) is 30.3 Å². The molecule has 3 fully saturated rings. The zero-order valence-electron chi connectivity index (χ0n) is 19.2. The van der Waals surface area contributed by atoms with Crippen LogP contribution < -0.4 is 0 Å². The minimum Gasteiger partial charge on any atom is -0.459 e. The van der Waals surface area contributed by atoms with Gasteiger partial charge in [-0.15, -0.1) is 0 Å². The fraction of sp³-hybridized carbons (Fsp3) is 0.615. The van der Waals surface area contributed by atoms with Crippen LogP contribution in [0.4, 0.5) is 0 Å². The van der Waals surface area contributed by atoms with Gasteiger partial charge in [0.05, 0.1) is 0 Å². The van der Waals surface area contributed by atoms with E-state index in [0.29, 0.717) is 12.3 Å². The Bertz CT molecular complexity index is 862. The summed E-state index contributed by atoms with van der Waals surface area (Å²) >= 11 is 0. The van der Waals surface area contributed by atoms with Crippen LogP contribution in [-0.4, -0.2) is 35.3 Å². The zero-order valence-corrected chi connectivity index (χ0v) is 19.2. The Morgan fingerprint density at radius 2 is 1.87 bits per heavy atom. The zero-order chi connectivity index (χ0) is 22.4. The number of benzene rings is 1. The molecule has 31 heavy (non-hydrogen) atoms. The van der Waals surface area contributed by atoms with E-state index in [1.165, 1.54) is 13.0 Å². The van der Waals surface area contributed by atoms with Gasteiger partial charge < -0.3 is 14.2 Å². The summed E-state index contributed by atoms with van der Waals surface area (Å²) in [7, 11) is 0. The third-order valence-electron chi connectivity index (χ3n) is 7.92. The summed E-state index contributed by atoms with van der Waals surface area (Å²) in [4.78, 5) is 24.8. The van der Waals surface area contributed by atoms with Crippen LogP contribution in [0.5, 0.6) is 0 Å². The summed E-state index contributed by atoms with van der Waals surface area (Å²) in [5.74, 6) is 0.265. The van der Waals surface area contributed by atoms with Gasteiger partial charge in [-0.05, 0) is 49.2 Å². The molecule has 2 saturated heterocycles. The molecule has 0 amide bonds. The Morgan fingerprint density at radius 1 is 1.16 bits per heavy atom. The van der Waals surface area contributed by atoms with Crippen molar-refractivity contribution in [1.29, 1.82) is 0 Å². The molecule has 0 N–H and O–H groups in total. The molecule has 5 nitrogen and oxygen atoms in total. The summed E-state index contributed by atoms with van der Waals surface area (Å²) in [6.45, 7) is 10.0. The summed E-state index contributed by atoms with van der Waals surface area (Å²) in [5.41, 5.74) is -0.257. The van der Waals surface area contributed by atoms with E-state index in [9.17, 15) is 9.59 Å². The molecule has 1 aromatic rings. The molecule has 0 aromatic heterocycles. The van der Waals surface area contributed by atoms with Crippen LogP contribution in [0.15, 0.2) is 36.4 Å². The predicted molar refractivity (Wildman–Crippen MR) is 118 cm³/mol. The van der Waals surface area contributed by atoms with Crippen LogP contribution in [0.1, 0.15) is 59.4 Å². The van der Waals surface area contributed by atoms with E-state index >= 15 is 0 Å². The number of hydrogen-bond donors (Lipinski definition) is 0. The van der Waals surface area contributed by atoms with E-state index < -0.39 is 11.2 Å². The molecule has 3 aliphatic rings. The number of fused-ring (bicyclic) bond motifs is 4. The van der Waals surface area contributed by atoms with E-state index in [0.717, 1.165) is 18.4 Å². The Kier molecular flexibility index (Phi) is 5.76. The lowest BCUT2D eigenvalue weighted by Gasteiger charge is -2.52. The Morgan fingerprint density at radius 3 is 2.52 bits per heavy atom. The number of carbonyl (C=O) groups is 2. The highest BCUT2D eigenvalue weighted by molar-refractivity contribution is 5.87. The fourth-order valence-electron chi connectivity index (χ4n) is 6.34. The summed E-state index contributed by atoms with van der Waals surface area (Å²) in [5, 5.41) is 0. The largest absolute Gasteiger partial charge is 0.459 e. The van der Waals surface area contributed by atoms with Gasteiger partial charge in [-0.3, -0.25) is 4.79 Å². The first-order valence-electron chi connectivity index (χ1n) is 11.5. The van der Waals surface area contributed by atoms with Gasteiger partial charge in [0, 0.05) is 25.3 Å². The lowest BCUT2D eigenvalue weighted by atomic mass is 9.69. The second kappa shape index (κ2) is 8.09. The lowest BCUT2D eigenvalue weighted by Crippen LogP contribution is -2.62. The van der Waals surface area contributed by atoms with Gasteiger partial charge in [0.25, 0.3) is 0 Å². The van der Waals surface area contributed by atoms with E-state index in [2.05, 4.69) is 27.7 Å². The summed E-state index contributed by atoms with van der Waals surface area (Å²) < 4.78 is 18.8. The van der Waals surface area contributed by atoms with Gasteiger partial charge in [-0.2, -0.15) is 0 Å². The topological polar surface area (TPSA) is 61.8 Å². The molecule has 1 aliphatic carbocycles. The molecule has 0 unspecified atom stereocenters. The standard InChI is InChI=1S/C26H34O5/c1-16(2)26-15-21(29-18(4)27)25(5,31-26)20-13-11-17(3)23(20)24(26)30-22(28)14-12-19-9-7-6-8-10-19/h6-10,12,14,16-17,20-21,23-24H,11,13,15H2,1-5H3/b14-12+/t17-,20-,21-,23-,24+,25+,26-/m1/s1. The van der Waals surface area contributed by atoms with Crippen molar-refractivity contribution in [3.63, 3.8) is 0 Å². The molecule has 5 heteroatoms. The van der Waals surface area contributed by atoms with Crippen molar-refractivity contribution in [2.45, 2.75) is 77.3 Å². The van der Waals surface area contributed by atoms with Crippen LogP contribution in [0.25, 0.3) is 6.08 Å². The third kappa shape index (κ3) is 3.71. The first kappa shape index (κ1) is 22.1. The lowest BCUT2D eigenvalue weighted by molar-refractivity contribution is -0.264. The maximum absolute atomic E-state index is 12.9. The maximum atomic E-state index is 12.9. The number of ether oxygens (including phenoxy) is 3. The Labute approximate surface area is 185 Å². The molecular formula is C26H34O5. The molecule has 2 aliphatic heterocycles. The van der Waals surface area contributed by atoms with Crippen molar-refractivity contribution < 1.29 is 23.8 Å². The maximum Gasteiger partial charge on any atom is 0.331 e. The first-order valence-corrected chi connectivity index (χ1v) is 11.5. The van der Waals surface area contributed by atoms with Crippen LogP contribution in [-0.2, 0) is 23.8 Å². The average molecular weight is 427 g/mol. The first-order chi connectivity index (χ1) is 14.7. The molecule has 0 radical (unpaired) electrons. The van der Waals surface area contributed by atoms with Crippen LogP contribution in [0.3, 0.4) is 0 Å².